The summed E-state index contributed by atoms with van der Waals surface area (Å²) in [6.07, 6.45) is 8.88. The van der Waals surface area contributed by atoms with E-state index >= 15 is 0 Å². The van der Waals surface area contributed by atoms with Crippen LogP contribution in [0.4, 0.5) is 0 Å². The first-order valence-electron chi connectivity index (χ1n) is 6.57. The van der Waals surface area contributed by atoms with Crippen molar-refractivity contribution in [1.82, 2.24) is 15.2 Å². The molecular weight excluding hydrogens is 210 g/mol. The van der Waals surface area contributed by atoms with Gasteiger partial charge in [0.15, 0.2) is 0 Å². The molecule has 2 rings (SSSR count). The zero-order valence-corrected chi connectivity index (χ0v) is 10.9. The second-order valence-electron chi connectivity index (χ2n) is 4.98. The number of aromatic nitrogens is 1. The minimum absolute atomic E-state index is 0.678. The van der Waals surface area contributed by atoms with Gasteiger partial charge in [-0.15, -0.1) is 0 Å². The molecule has 1 aromatic rings. The van der Waals surface area contributed by atoms with Crippen LogP contribution in [0.2, 0.25) is 0 Å². The third kappa shape index (κ3) is 3.27. The molecule has 2 atom stereocenters. The molecule has 1 aromatic heterocycles. The summed E-state index contributed by atoms with van der Waals surface area (Å²) < 4.78 is 0. The lowest BCUT2D eigenvalue weighted by atomic mass is 10.1. The smallest absolute Gasteiger partial charge is 0.0270 e. The topological polar surface area (TPSA) is 28.2 Å². The maximum absolute atomic E-state index is 4.05. The summed E-state index contributed by atoms with van der Waals surface area (Å²) in [4.78, 5) is 6.56. The Balaban J connectivity index is 1.83. The summed E-state index contributed by atoms with van der Waals surface area (Å²) in [5.41, 5.74) is 1.38. The van der Waals surface area contributed by atoms with Gasteiger partial charge in [-0.2, -0.15) is 0 Å². The molecule has 1 saturated carbocycles. The van der Waals surface area contributed by atoms with Crippen LogP contribution in [0.15, 0.2) is 24.5 Å². The highest BCUT2D eigenvalue weighted by Gasteiger charge is 2.28. The molecule has 1 aliphatic carbocycles. The van der Waals surface area contributed by atoms with Crippen LogP contribution in [0, 0.1) is 0 Å². The lowest BCUT2D eigenvalue weighted by molar-refractivity contribution is 0.218. The molecule has 0 aliphatic heterocycles. The Morgan fingerprint density at radius 2 is 2.12 bits per heavy atom. The molecule has 0 saturated heterocycles. The highest BCUT2D eigenvalue weighted by atomic mass is 15.2. The lowest BCUT2D eigenvalue weighted by Gasteiger charge is -2.29. The molecule has 0 spiro atoms. The van der Waals surface area contributed by atoms with Crippen molar-refractivity contribution >= 4 is 0 Å². The van der Waals surface area contributed by atoms with Crippen molar-refractivity contribution in [3.05, 3.63) is 30.1 Å². The van der Waals surface area contributed by atoms with Gasteiger partial charge in [0.25, 0.3) is 0 Å². The van der Waals surface area contributed by atoms with Crippen molar-refractivity contribution in [2.24, 2.45) is 0 Å². The number of likely N-dealkylation sites (N-methyl/N-ethyl adjacent to an activating group) is 2. The fourth-order valence-corrected chi connectivity index (χ4v) is 2.83. The Kier molecular flexibility index (Phi) is 4.51. The largest absolute Gasteiger partial charge is 0.315 e. The molecule has 3 heteroatoms. The number of hydrogen-bond donors (Lipinski definition) is 1. The standard InChI is InChI=1S/C14H23N3/c1-15-13-4-3-5-14(13)17(2)11-8-12-6-9-16-10-7-12/h6-7,9-10,13-15H,3-5,8,11H2,1-2H3. The van der Waals surface area contributed by atoms with E-state index in [-0.39, 0.29) is 0 Å². The van der Waals surface area contributed by atoms with Crippen LogP contribution in [0.1, 0.15) is 24.8 Å². The van der Waals surface area contributed by atoms with Crippen molar-refractivity contribution in [3.63, 3.8) is 0 Å². The predicted octanol–water partition coefficient (Wildman–Crippen LogP) is 1.70. The normalized spacial score (nSPS) is 24.4. The van der Waals surface area contributed by atoms with Gasteiger partial charge < -0.3 is 10.2 Å². The Morgan fingerprint density at radius 1 is 1.35 bits per heavy atom. The SMILES string of the molecule is CNC1CCCC1N(C)CCc1ccncc1. The molecule has 0 radical (unpaired) electrons. The fourth-order valence-electron chi connectivity index (χ4n) is 2.83. The average Bonchev–Trinajstić information content (AvgIpc) is 2.85. The second kappa shape index (κ2) is 6.12. The van der Waals surface area contributed by atoms with Crippen LogP contribution in [0.3, 0.4) is 0 Å². The summed E-state index contributed by atoms with van der Waals surface area (Å²) in [6, 6.07) is 5.61. The molecule has 1 heterocycles. The van der Waals surface area contributed by atoms with E-state index in [9.17, 15) is 0 Å². The maximum Gasteiger partial charge on any atom is 0.0270 e. The highest BCUT2D eigenvalue weighted by molar-refractivity contribution is 5.10. The molecule has 1 aliphatic rings. The summed E-state index contributed by atoms with van der Waals surface area (Å²) >= 11 is 0. The first-order valence-corrected chi connectivity index (χ1v) is 6.57. The van der Waals surface area contributed by atoms with Crippen LogP contribution in [-0.2, 0) is 6.42 Å². The first-order chi connectivity index (χ1) is 8.31. The minimum Gasteiger partial charge on any atom is -0.315 e. The molecule has 1 N–H and O–H groups in total. The third-order valence-electron chi connectivity index (χ3n) is 3.92. The van der Waals surface area contributed by atoms with Crippen LogP contribution >= 0.6 is 0 Å². The molecule has 0 bridgehead atoms. The Bertz CT molecular complexity index is 325. The van der Waals surface area contributed by atoms with Crippen LogP contribution < -0.4 is 5.32 Å². The van der Waals surface area contributed by atoms with Crippen LogP contribution in [-0.4, -0.2) is 42.6 Å². The fraction of sp³-hybridized carbons (Fsp3) is 0.643. The summed E-state index contributed by atoms with van der Waals surface area (Å²) in [6.45, 7) is 1.13. The molecule has 94 valence electrons. The van der Waals surface area contributed by atoms with Gasteiger partial charge in [-0.05, 0) is 51.1 Å². The van der Waals surface area contributed by atoms with E-state index in [1.807, 2.05) is 12.4 Å². The predicted molar refractivity (Wildman–Crippen MR) is 71.1 cm³/mol. The van der Waals surface area contributed by atoms with E-state index in [4.69, 9.17) is 0 Å². The number of hydrogen-bond acceptors (Lipinski definition) is 3. The van der Waals surface area contributed by atoms with Crippen LogP contribution in [0.5, 0.6) is 0 Å². The van der Waals surface area contributed by atoms with Gasteiger partial charge in [0.2, 0.25) is 0 Å². The van der Waals surface area contributed by atoms with Crippen molar-refractivity contribution in [3.8, 4) is 0 Å². The Hall–Kier alpha value is -0.930. The van der Waals surface area contributed by atoms with E-state index in [1.165, 1.54) is 24.8 Å². The van der Waals surface area contributed by atoms with Gasteiger partial charge in [-0.25, -0.2) is 0 Å². The molecular formula is C14H23N3. The minimum atomic E-state index is 0.678. The van der Waals surface area contributed by atoms with Gasteiger partial charge in [0.05, 0.1) is 0 Å². The monoisotopic (exact) mass is 233 g/mol. The Morgan fingerprint density at radius 3 is 2.82 bits per heavy atom. The van der Waals surface area contributed by atoms with E-state index in [2.05, 4.69) is 41.4 Å². The summed E-state index contributed by atoms with van der Waals surface area (Å²) in [5, 5.41) is 3.44. The van der Waals surface area contributed by atoms with Crippen LogP contribution in [0.25, 0.3) is 0 Å². The molecule has 17 heavy (non-hydrogen) atoms. The maximum atomic E-state index is 4.05. The van der Waals surface area contributed by atoms with E-state index in [0.29, 0.717) is 12.1 Å². The molecule has 1 fully saturated rings. The van der Waals surface area contributed by atoms with E-state index in [0.717, 1.165) is 13.0 Å². The van der Waals surface area contributed by atoms with Gasteiger partial charge in [0.1, 0.15) is 0 Å². The highest BCUT2D eigenvalue weighted by Crippen LogP contribution is 2.23. The quantitative estimate of drug-likeness (QED) is 0.839. The van der Waals surface area contributed by atoms with Gasteiger partial charge >= 0.3 is 0 Å². The van der Waals surface area contributed by atoms with Crippen molar-refractivity contribution in [1.29, 1.82) is 0 Å². The van der Waals surface area contributed by atoms with Gasteiger partial charge in [0, 0.05) is 31.0 Å². The number of pyridine rings is 1. The van der Waals surface area contributed by atoms with Gasteiger partial charge in [-0.1, -0.05) is 6.42 Å². The molecule has 3 nitrogen and oxygen atoms in total. The number of nitrogens with one attached hydrogen (secondary N) is 1. The van der Waals surface area contributed by atoms with Crippen molar-refractivity contribution in [2.45, 2.75) is 37.8 Å². The van der Waals surface area contributed by atoms with Crippen molar-refractivity contribution in [2.75, 3.05) is 20.6 Å². The molecule has 0 amide bonds. The molecule has 2 unspecified atom stereocenters. The summed E-state index contributed by atoms with van der Waals surface area (Å²) in [7, 11) is 4.33. The van der Waals surface area contributed by atoms with E-state index in [1.54, 1.807) is 0 Å². The first kappa shape index (κ1) is 12.5. The zero-order valence-electron chi connectivity index (χ0n) is 10.9. The second-order valence-corrected chi connectivity index (χ2v) is 4.98. The number of rotatable bonds is 5. The lowest BCUT2D eigenvalue weighted by Crippen LogP contribution is -2.44. The third-order valence-corrected chi connectivity index (χ3v) is 3.92. The number of nitrogens with zero attached hydrogens (tertiary/aromatic N) is 2. The molecule has 0 aromatic carbocycles. The summed E-state index contributed by atoms with van der Waals surface area (Å²) in [5.74, 6) is 0. The van der Waals surface area contributed by atoms with Crippen molar-refractivity contribution < 1.29 is 0 Å². The zero-order chi connectivity index (χ0) is 12.1. The average molecular weight is 233 g/mol. The Labute approximate surface area is 104 Å². The van der Waals surface area contributed by atoms with E-state index < -0.39 is 0 Å². The van der Waals surface area contributed by atoms with Gasteiger partial charge in [-0.3, -0.25) is 4.98 Å².